The van der Waals surface area contributed by atoms with Crippen LogP contribution in [-0.4, -0.2) is 25.1 Å². The van der Waals surface area contributed by atoms with E-state index < -0.39 is 11.7 Å². The van der Waals surface area contributed by atoms with Crippen molar-refractivity contribution in [1.29, 1.82) is 0 Å². The summed E-state index contributed by atoms with van der Waals surface area (Å²) in [4.78, 5) is 16.5. The predicted molar refractivity (Wildman–Crippen MR) is 137 cm³/mol. The van der Waals surface area contributed by atoms with Crippen molar-refractivity contribution >= 4 is 16.8 Å². The second-order valence-corrected chi connectivity index (χ2v) is 8.78. The smallest absolute Gasteiger partial charge is 0.416 e. The third-order valence-corrected chi connectivity index (χ3v) is 6.53. The number of para-hydroxylation sites is 1. The SMILES string of the molecule is CCc1cccc2c([C@@H](CC(=O)NCc3cccc(C(F)(F)F)c3)c3ccc(OC)c(OC)c3)c[nH]c12. The number of aromatic amines is 1. The number of aromatic nitrogens is 1. The monoisotopic (exact) mass is 510 g/mol. The number of halogens is 3. The van der Waals surface area contributed by atoms with E-state index in [4.69, 9.17) is 9.47 Å². The summed E-state index contributed by atoms with van der Waals surface area (Å²) in [5.41, 5.74) is 3.64. The van der Waals surface area contributed by atoms with Gasteiger partial charge in [-0.1, -0.05) is 43.3 Å². The molecular weight excluding hydrogens is 481 g/mol. The molecule has 2 N–H and O–H groups in total. The van der Waals surface area contributed by atoms with Crippen molar-refractivity contribution in [3.8, 4) is 11.5 Å². The largest absolute Gasteiger partial charge is 0.493 e. The Kier molecular flexibility index (Phi) is 7.76. The molecule has 1 amide bonds. The van der Waals surface area contributed by atoms with Crippen LogP contribution < -0.4 is 14.8 Å². The molecule has 0 fully saturated rings. The van der Waals surface area contributed by atoms with Crippen LogP contribution in [0.3, 0.4) is 0 Å². The fourth-order valence-corrected chi connectivity index (χ4v) is 4.61. The fourth-order valence-electron chi connectivity index (χ4n) is 4.61. The molecule has 0 saturated heterocycles. The van der Waals surface area contributed by atoms with Crippen LogP contribution in [0.5, 0.6) is 11.5 Å². The molecular formula is C29H29F3N2O3. The third kappa shape index (κ3) is 5.74. The van der Waals surface area contributed by atoms with Gasteiger partial charge in [0, 0.05) is 36.0 Å². The molecule has 0 aliphatic heterocycles. The minimum atomic E-state index is -4.44. The Morgan fingerprint density at radius 2 is 1.76 bits per heavy atom. The Balaban J connectivity index is 1.65. The van der Waals surface area contributed by atoms with E-state index in [0.29, 0.717) is 17.1 Å². The van der Waals surface area contributed by atoms with Crippen LogP contribution in [-0.2, 0) is 23.9 Å². The zero-order valence-electron chi connectivity index (χ0n) is 20.9. The number of amides is 1. The molecule has 4 aromatic rings. The molecule has 1 aromatic heterocycles. The van der Waals surface area contributed by atoms with Crippen LogP contribution in [0.2, 0.25) is 0 Å². The highest BCUT2D eigenvalue weighted by Crippen LogP contribution is 2.38. The summed E-state index contributed by atoms with van der Waals surface area (Å²) >= 11 is 0. The average molecular weight is 511 g/mol. The lowest BCUT2D eigenvalue weighted by Crippen LogP contribution is -2.25. The Labute approximate surface area is 213 Å². The molecule has 0 spiro atoms. The normalized spacial score (nSPS) is 12.4. The number of rotatable bonds is 9. The second-order valence-electron chi connectivity index (χ2n) is 8.78. The van der Waals surface area contributed by atoms with Crippen LogP contribution in [0.15, 0.2) is 66.9 Å². The van der Waals surface area contributed by atoms with Gasteiger partial charge < -0.3 is 19.8 Å². The molecule has 37 heavy (non-hydrogen) atoms. The average Bonchev–Trinajstić information content (AvgIpc) is 3.34. The van der Waals surface area contributed by atoms with Gasteiger partial charge in [-0.15, -0.1) is 0 Å². The number of nitrogens with one attached hydrogen (secondary N) is 2. The number of hydrogen-bond acceptors (Lipinski definition) is 3. The number of H-pyrrole nitrogens is 1. The topological polar surface area (TPSA) is 63.4 Å². The molecule has 0 saturated carbocycles. The lowest BCUT2D eigenvalue weighted by atomic mass is 9.87. The summed E-state index contributed by atoms with van der Waals surface area (Å²) in [5.74, 6) is 0.509. The lowest BCUT2D eigenvalue weighted by Gasteiger charge is -2.19. The first-order valence-electron chi connectivity index (χ1n) is 12.0. The number of carbonyl (C=O) groups is 1. The Morgan fingerprint density at radius 3 is 2.46 bits per heavy atom. The molecule has 0 aliphatic carbocycles. The van der Waals surface area contributed by atoms with Gasteiger partial charge in [0.1, 0.15) is 0 Å². The van der Waals surface area contributed by atoms with E-state index in [-0.39, 0.29) is 24.8 Å². The van der Waals surface area contributed by atoms with E-state index >= 15 is 0 Å². The standard InChI is InChI=1S/C29H29F3N2O3/c1-4-19-8-6-10-22-24(17-34-28(19)22)23(20-11-12-25(36-2)26(14-20)37-3)15-27(35)33-16-18-7-5-9-21(13-18)29(30,31)32/h5-14,17,23,34H,4,15-16H2,1-3H3,(H,33,35)/t23-/m0/s1. The zero-order chi connectivity index (χ0) is 26.6. The van der Waals surface area contributed by atoms with Gasteiger partial charge in [0.2, 0.25) is 5.91 Å². The van der Waals surface area contributed by atoms with Crippen LogP contribution in [0.25, 0.3) is 10.9 Å². The minimum Gasteiger partial charge on any atom is -0.493 e. The van der Waals surface area contributed by atoms with Crippen LogP contribution in [0, 0.1) is 0 Å². The highest BCUT2D eigenvalue weighted by molar-refractivity contribution is 5.88. The third-order valence-electron chi connectivity index (χ3n) is 6.53. The highest BCUT2D eigenvalue weighted by Gasteiger charge is 2.30. The van der Waals surface area contributed by atoms with E-state index in [1.165, 1.54) is 11.6 Å². The van der Waals surface area contributed by atoms with Gasteiger partial charge >= 0.3 is 6.18 Å². The zero-order valence-corrected chi connectivity index (χ0v) is 20.9. The first-order chi connectivity index (χ1) is 17.7. The number of ether oxygens (including phenoxy) is 2. The summed E-state index contributed by atoms with van der Waals surface area (Å²) in [6, 6.07) is 16.6. The van der Waals surface area contributed by atoms with Gasteiger partial charge in [0.25, 0.3) is 0 Å². The molecule has 4 rings (SSSR count). The van der Waals surface area contributed by atoms with Crippen molar-refractivity contribution in [3.63, 3.8) is 0 Å². The predicted octanol–water partition coefficient (Wildman–Crippen LogP) is 6.60. The van der Waals surface area contributed by atoms with E-state index in [9.17, 15) is 18.0 Å². The number of benzene rings is 3. The Hall–Kier alpha value is -3.94. The van der Waals surface area contributed by atoms with Gasteiger partial charge in [-0.3, -0.25) is 4.79 Å². The van der Waals surface area contributed by atoms with E-state index in [1.807, 2.05) is 30.5 Å². The molecule has 0 unspecified atom stereocenters. The maximum atomic E-state index is 13.1. The maximum Gasteiger partial charge on any atom is 0.416 e. The molecule has 5 nitrogen and oxygen atoms in total. The van der Waals surface area contributed by atoms with Crippen molar-refractivity contribution in [2.24, 2.45) is 0 Å². The summed E-state index contributed by atoms with van der Waals surface area (Å²) in [7, 11) is 3.11. The molecule has 3 aromatic carbocycles. The number of fused-ring (bicyclic) bond motifs is 1. The van der Waals surface area contributed by atoms with Gasteiger partial charge in [0.15, 0.2) is 11.5 Å². The van der Waals surface area contributed by atoms with Gasteiger partial charge in [-0.05, 0) is 52.9 Å². The van der Waals surface area contributed by atoms with Crippen LogP contribution in [0.1, 0.15) is 47.1 Å². The molecule has 0 aliphatic rings. The van der Waals surface area contributed by atoms with Crippen molar-refractivity contribution in [3.05, 3.63) is 94.7 Å². The number of carbonyl (C=O) groups excluding carboxylic acids is 1. The van der Waals surface area contributed by atoms with Gasteiger partial charge in [-0.25, -0.2) is 0 Å². The number of aryl methyl sites for hydroxylation is 1. The highest BCUT2D eigenvalue weighted by atomic mass is 19.4. The number of alkyl halides is 3. The maximum absolute atomic E-state index is 13.1. The molecule has 1 heterocycles. The van der Waals surface area contributed by atoms with Crippen molar-refractivity contribution < 1.29 is 27.4 Å². The first kappa shape index (κ1) is 26.1. The summed E-state index contributed by atoms with van der Waals surface area (Å²) in [6.45, 7) is 2.08. The van der Waals surface area contributed by atoms with Crippen molar-refractivity contribution in [2.75, 3.05) is 14.2 Å². The van der Waals surface area contributed by atoms with E-state index in [1.54, 1.807) is 26.4 Å². The second kappa shape index (κ2) is 11.0. The van der Waals surface area contributed by atoms with E-state index in [0.717, 1.165) is 40.6 Å². The van der Waals surface area contributed by atoms with Crippen LogP contribution in [0.4, 0.5) is 13.2 Å². The van der Waals surface area contributed by atoms with Crippen LogP contribution >= 0.6 is 0 Å². The number of hydrogen-bond donors (Lipinski definition) is 2. The molecule has 0 bridgehead atoms. The molecule has 8 heteroatoms. The van der Waals surface area contributed by atoms with Gasteiger partial charge in [0.05, 0.1) is 19.8 Å². The first-order valence-corrected chi connectivity index (χ1v) is 12.0. The number of methoxy groups -OCH3 is 2. The van der Waals surface area contributed by atoms with Crippen molar-refractivity contribution in [1.82, 2.24) is 10.3 Å². The lowest BCUT2D eigenvalue weighted by molar-refractivity contribution is -0.137. The summed E-state index contributed by atoms with van der Waals surface area (Å²) in [5, 5.41) is 3.81. The van der Waals surface area contributed by atoms with E-state index in [2.05, 4.69) is 23.3 Å². The quantitative estimate of drug-likeness (QED) is 0.267. The summed E-state index contributed by atoms with van der Waals surface area (Å²) < 4.78 is 50.1. The Morgan fingerprint density at radius 1 is 1.00 bits per heavy atom. The Bertz CT molecular complexity index is 1390. The summed E-state index contributed by atoms with van der Waals surface area (Å²) in [6.07, 6.45) is -1.57. The minimum absolute atomic E-state index is 0.00469. The van der Waals surface area contributed by atoms with Gasteiger partial charge in [-0.2, -0.15) is 13.2 Å². The molecule has 1 atom stereocenters. The molecule has 0 radical (unpaired) electrons. The molecule has 194 valence electrons. The van der Waals surface area contributed by atoms with Crippen molar-refractivity contribution in [2.45, 2.75) is 38.4 Å². The fraction of sp³-hybridized carbons (Fsp3) is 0.276.